The highest BCUT2D eigenvalue weighted by molar-refractivity contribution is 6.21. The summed E-state index contributed by atoms with van der Waals surface area (Å²) in [5.74, 6) is 0. The first-order valence-corrected chi connectivity index (χ1v) is 5.01. The Bertz CT molecular complexity index is 231. The van der Waals surface area contributed by atoms with Gasteiger partial charge in [-0.25, -0.2) is 9.21 Å². The summed E-state index contributed by atoms with van der Waals surface area (Å²) in [6.45, 7) is 4.70. The molecular formula is C9H17ClN2O2. The Balaban J connectivity index is 2.58. The number of amides is 1. The number of hydrogen-bond acceptors (Lipinski definition) is 3. The third-order valence-electron chi connectivity index (χ3n) is 2.54. The Kier molecular flexibility index (Phi) is 3.27. The molecule has 0 aromatic heterocycles. The van der Waals surface area contributed by atoms with Gasteiger partial charge in [0.1, 0.15) is 6.10 Å². The van der Waals surface area contributed by atoms with Gasteiger partial charge in [-0.05, 0) is 34.4 Å². The molecule has 0 aromatic rings. The molecule has 0 bridgehead atoms. The summed E-state index contributed by atoms with van der Waals surface area (Å²) in [5.41, 5.74) is -0.422. The summed E-state index contributed by atoms with van der Waals surface area (Å²) in [6.07, 6.45) is 0.227. The van der Waals surface area contributed by atoms with Crippen LogP contribution in [0.25, 0.3) is 0 Å². The molecule has 4 nitrogen and oxygen atoms in total. The van der Waals surface area contributed by atoms with Crippen molar-refractivity contribution < 1.29 is 9.53 Å². The van der Waals surface area contributed by atoms with E-state index in [0.717, 1.165) is 17.4 Å². The number of nitrogens with zero attached hydrogens (tertiary/aromatic N) is 2. The monoisotopic (exact) mass is 220 g/mol. The van der Waals surface area contributed by atoms with E-state index in [1.54, 1.807) is 0 Å². The van der Waals surface area contributed by atoms with E-state index in [1.807, 2.05) is 27.9 Å². The second kappa shape index (κ2) is 3.95. The average molecular weight is 221 g/mol. The Hall–Kier alpha value is -0.480. The first-order valence-electron chi connectivity index (χ1n) is 4.67. The van der Waals surface area contributed by atoms with Crippen LogP contribution in [0.3, 0.4) is 0 Å². The number of ether oxygens (including phenoxy) is 1. The minimum atomic E-state index is -0.444. The van der Waals surface area contributed by atoms with E-state index in [9.17, 15) is 4.79 Å². The summed E-state index contributed by atoms with van der Waals surface area (Å²) >= 11 is 5.81. The van der Waals surface area contributed by atoms with Gasteiger partial charge in [-0.3, -0.25) is 0 Å². The molecule has 0 radical (unpaired) electrons. The molecule has 0 saturated carbocycles. The SMILES string of the molecule is CN(C)CCC1OC(=O)N(Cl)C1(C)C. The van der Waals surface area contributed by atoms with Crippen LogP contribution in [0, 0.1) is 0 Å². The molecule has 14 heavy (non-hydrogen) atoms. The standard InChI is InChI=1S/C9H17ClN2O2/c1-9(2)7(5-6-11(3)4)14-8(13)12(9)10/h7H,5-6H2,1-4H3. The van der Waals surface area contributed by atoms with Crippen molar-refractivity contribution in [3.63, 3.8) is 0 Å². The molecule has 1 aliphatic rings. The minimum absolute atomic E-state index is 0.130. The molecule has 1 amide bonds. The van der Waals surface area contributed by atoms with E-state index in [4.69, 9.17) is 16.5 Å². The maximum atomic E-state index is 11.2. The molecule has 1 heterocycles. The molecule has 0 aromatic carbocycles. The fraction of sp³-hybridized carbons (Fsp3) is 0.889. The molecule has 5 heteroatoms. The van der Waals surface area contributed by atoms with Crippen molar-refractivity contribution in [3.8, 4) is 0 Å². The van der Waals surface area contributed by atoms with Gasteiger partial charge in [0.2, 0.25) is 0 Å². The molecule has 1 fully saturated rings. The molecule has 1 atom stereocenters. The van der Waals surface area contributed by atoms with Crippen LogP contribution in [-0.2, 0) is 4.74 Å². The van der Waals surface area contributed by atoms with E-state index < -0.39 is 11.6 Å². The molecule has 1 unspecified atom stereocenters. The van der Waals surface area contributed by atoms with Gasteiger partial charge in [0.25, 0.3) is 0 Å². The lowest BCUT2D eigenvalue weighted by Gasteiger charge is -2.27. The highest BCUT2D eigenvalue weighted by Crippen LogP contribution is 2.33. The van der Waals surface area contributed by atoms with Crippen molar-refractivity contribution in [2.75, 3.05) is 20.6 Å². The molecule has 82 valence electrons. The molecule has 0 N–H and O–H groups in total. The third-order valence-corrected chi connectivity index (χ3v) is 3.11. The Morgan fingerprint density at radius 2 is 2.14 bits per heavy atom. The van der Waals surface area contributed by atoms with Crippen LogP contribution >= 0.6 is 11.8 Å². The van der Waals surface area contributed by atoms with Crippen LogP contribution in [0.5, 0.6) is 0 Å². The summed E-state index contributed by atoms with van der Waals surface area (Å²) in [4.78, 5) is 13.3. The highest BCUT2D eigenvalue weighted by atomic mass is 35.5. The van der Waals surface area contributed by atoms with E-state index in [1.165, 1.54) is 0 Å². The molecule has 0 aliphatic carbocycles. The van der Waals surface area contributed by atoms with Crippen molar-refractivity contribution in [2.24, 2.45) is 0 Å². The smallest absolute Gasteiger partial charge is 0.425 e. The van der Waals surface area contributed by atoms with Crippen molar-refractivity contribution in [1.82, 2.24) is 9.32 Å². The number of cyclic esters (lactones) is 1. The van der Waals surface area contributed by atoms with Crippen LogP contribution in [-0.4, -0.2) is 47.7 Å². The number of carbonyl (C=O) groups is 1. The lowest BCUT2D eigenvalue weighted by molar-refractivity contribution is 0.103. The van der Waals surface area contributed by atoms with Crippen molar-refractivity contribution in [3.05, 3.63) is 0 Å². The Morgan fingerprint density at radius 3 is 2.50 bits per heavy atom. The van der Waals surface area contributed by atoms with Gasteiger partial charge in [-0.1, -0.05) is 0 Å². The highest BCUT2D eigenvalue weighted by Gasteiger charge is 2.47. The van der Waals surface area contributed by atoms with Crippen LogP contribution in [0.2, 0.25) is 0 Å². The largest absolute Gasteiger partial charge is 0.443 e. The molecule has 1 aliphatic heterocycles. The van der Waals surface area contributed by atoms with Crippen LogP contribution < -0.4 is 0 Å². The number of hydrogen-bond donors (Lipinski definition) is 0. The molecule has 1 rings (SSSR count). The summed E-state index contributed by atoms with van der Waals surface area (Å²) < 4.78 is 6.31. The van der Waals surface area contributed by atoms with Gasteiger partial charge >= 0.3 is 6.09 Å². The molecular weight excluding hydrogens is 204 g/mol. The van der Waals surface area contributed by atoms with Gasteiger partial charge in [0.15, 0.2) is 0 Å². The zero-order valence-corrected chi connectivity index (χ0v) is 9.84. The van der Waals surface area contributed by atoms with Crippen molar-refractivity contribution >= 4 is 17.9 Å². The second-order valence-electron chi connectivity index (χ2n) is 4.40. The number of carbonyl (C=O) groups excluding carboxylic acids is 1. The Morgan fingerprint density at radius 1 is 1.57 bits per heavy atom. The maximum Gasteiger partial charge on any atom is 0.425 e. The first-order chi connectivity index (χ1) is 6.35. The first kappa shape index (κ1) is 11.6. The number of rotatable bonds is 3. The van der Waals surface area contributed by atoms with Gasteiger partial charge in [0, 0.05) is 18.3 Å². The lowest BCUT2D eigenvalue weighted by atomic mass is 9.96. The van der Waals surface area contributed by atoms with E-state index >= 15 is 0 Å². The fourth-order valence-corrected chi connectivity index (χ4v) is 1.61. The zero-order valence-electron chi connectivity index (χ0n) is 9.08. The minimum Gasteiger partial charge on any atom is -0.443 e. The molecule has 1 saturated heterocycles. The van der Waals surface area contributed by atoms with Crippen LogP contribution in [0.4, 0.5) is 4.79 Å². The van der Waals surface area contributed by atoms with Crippen molar-refractivity contribution in [2.45, 2.75) is 31.9 Å². The van der Waals surface area contributed by atoms with Crippen molar-refractivity contribution in [1.29, 1.82) is 0 Å². The predicted molar refractivity (Wildman–Crippen MR) is 55.2 cm³/mol. The number of halogens is 1. The van der Waals surface area contributed by atoms with E-state index in [0.29, 0.717) is 0 Å². The fourth-order valence-electron chi connectivity index (χ4n) is 1.46. The quantitative estimate of drug-likeness (QED) is 0.679. The van der Waals surface area contributed by atoms with Gasteiger partial charge in [-0.15, -0.1) is 0 Å². The maximum absolute atomic E-state index is 11.2. The van der Waals surface area contributed by atoms with Crippen LogP contribution in [0.1, 0.15) is 20.3 Å². The Labute approximate surface area is 89.9 Å². The average Bonchev–Trinajstić information content (AvgIpc) is 2.26. The van der Waals surface area contributed by atoms with E-state index in [-0.39, 0.29) is 6.10 Å². The molecule has 0 spiro atoms. The van der Waals surface area contributed by atoms with E-state index in [2.05, 4.69) is 4.90 Å². The second-order valence-corrected chi connectivity index (χ2v) is 4.74. The zero-order chi connectivity index (χ0) is 10.9. The van der Waals surface area contributed by atoms with Gasteiger partial charge < -0.3 is 9.64 Å². The van der Waals surface area contributed by atoms with Gasteiger partial charge in [-0.2, -0.15) is 0 Å². The van der Waals surface area contributed by atoms with Crippen LogP contribution in [0.15, 0.2) is 0 Å². The summed E-state index contributed by atoms with van der Waals surface area (Å²) in [6, 6.07) is 0. The third kappa shape index (κ3) is 2.12. The summed E-state index contributed by atoms with van der Waals surface area (Å²) in [7, 11) is 3.98. The predicted octanol–water partition coefficient (Wildman–Crippen LogP) is 1.69. The van der Waals surface area contributed by atoms with Gasteiger partial charge in [0.05, 0.1) is 5.54 Å². The summed E-state index contributed by atoms with van der Waals surface area (Å²) in [5, 5.41) is 0. The lowest BCUT2D eigenvalue weighted by Crippen LogP contribution is -2.41. The topological polar surface area (TPSA) is 32.8 Å². The normalized spacial score (nSPS) is 25.7.